The highest BCUT2D eigenvalue weighted by Crippen LogP contribution is 2.36. The summed E-state index contributed by atoms with van der Waals surface area (Å²) in [5, 5.41) is 0. The summed E-state index contributed by atoms with van der Waals surface area (Å²) in [4.78, 5) is 4.05. The zero-order valence-corrected chi connectivity index (χ0v) is 9.45. The van der Waals surface area contributed by atoms with Crippen molar-refractivity contribution >= 4 is 0 Å². The maximum atomic E-state index is 6.48. The fraction of sp³-hybridized carbons (Fsp3) is 0.615. The Bertz CT molecular complexity index is 300. The van der Waals surface area contributed by atoms with Gasteiger partial charge in [-0.15, -0.1) is 0 Å². The molecule has 15 heavy (non-hydrogen) atoms. The lowest BCUT2D eigenvalue weighted by atomic mass is 9.73. The normalized spacial score (nSPS) is 22.3. The van der Waals surface area contributed by atoms with Crippen LogP contribution in [0.5, 0.6) is 0 Å². The average molecular weight is 204 g/mol. The van der Waals surface area contributed by atoms with Crippen molar-refractivity contribution in [2.75, 3.05) is 0 Å². The molecule has 1 aromatic rings. The van der Waals surface area contributed by atoms with Gasteiger partial charge in [0.15, 0.2) is 0 Å². The van der Waals surface area contributed by atoms with Crippen molar-refractivity contribution in [3.8, 4) is 0 Å². The first-order valence-electron chi connectivity index (χ1n) is 5.90. The fourth-order valence-electron chi connectivity index (χ4n) is 2.65. The molecule has 1 atom stereocenters. The van der Waals surface area contributed by atoms with Gasteiger partial charge in [0, 0.05) is 17.9 Å². The Morgan fingerprint density at radius 3 is 2.40 bits per heavy atom. The molecule has 2 N–H and O–H groups in total. The van der Waals surface area contributed by atoms with Gasteiger partial charge in [-0.05, 0) is 43.4 Å². The zero-order chi connectivity index (χ0) is 10.7. The van der Waals surface area contributed by atoms with Gasteiger partial charge in [-0.3, -0.25) is 4.98 Å². The number of hydrogen-bond acceptors (Lipinski definition) is 2. The van der Waals surface area contributed by atoms with E-state index >= 15 is 0 Å². The summed E-state index contributed by atoms with van der Waals surface area (Å²) in [7, 11) is 0. The van der Waals surface area contributed by atoms with Gasteiger partial charge in [0.1, 0.15) is 0 Å². The molecule has 0 aromatic carbocycles. The molecule has 0 bridgehead atoms. The second-order valence-corrected chi connectivity index (χ2v) is 4.85. The number of rotatable bonds is 2. The molecular weight excluding hydrogens is 184 g/mol. The van der Waals surface area contributed by atoms with Crippen molar-refractivity contribution in [3.05, 3.63) is 30.1 Å². The molecular formula is C13H20N2. The van der Waals surface area contributed by atoms with E-state index in [0.717, 1.165) is 0 Å². The largest absolute Gasteiger partial charge is 0.321 e. The van der Waals surface area contributed by atoms with Gasteiger partial charge in [-0.1, -0.05) is 19.3 Å². The average Bonchev–Trinajstić information content (AvgIpc) is 2.31. The number of nitrogens with zero attached hydrogens (tertiary/aromatic N) is 1. The van der Waals surface area contributed by atoms with Crippen molar-refractivity contribution in [3.63, 3.8) is 0 Å². The standard InChI is InChI=1S/C13H20N2/c1-13(14,11-5-3-2-4-6-11)12-7-9-15-10-8-12/h7-11H,2-6,14H2,1H3. The van der Waals surface area contributed by atoms with Gasteiger partial charge in [0.25, 0.3) is 0 Å². The molecule has 1 aliphatic carbocycles. The summed E-state index contributed by atoms with van der Waals surface area (Å²) < 4.78 is 0. The molecule has 0 saturated heterocycles. The predicted molar refractivity (Wildman–Crippen MR) is 62.4 cm³/mol. The van der Waals surface area contributed by atoms with Gasteiger partial charge < -0.3 is 5.73 Å². The van der Waals surface area contributed by atoms with Crippen LogP contribution < -0.4 is 5.73 Å². The number of pyridine rings is 1. The minimum Gasteiger partial charge on any atom is -0.321 e. The molecule has 1 unspecified atom stereocenters. The third-order valence-electron chi connectivity index (χ3n) is 3.76. The summed E-state index contributed by atoms with van der Waals surface area (Å²) >= 11 is 0. The van der Waals surface area contributed by atoms with E-state index in [1.165, 1.54) is 37.7 Å². The third kappa shape index (κ3) is 2.20. The minimum absolute atomic E-state index is 0.177. The van der Waals surface area contributed by atoms with E-state index in [2.05, 4.69) is 24.0 Å². The zero-order valence-electron chi connectivity index (χ0n) is 9.45. The number of aromatic nitrogens is 1. The van der Waals surface area contributed by atoms with E-state index < -0.39 is 0 Å². The molecule has 0 aliphatic heterocycles. The highest BCUT2D eigenvalue weighted by molar-refractivity contribution is 5.21. The number of nitrogens with two attached hydrogens (primary N) is 1. The van der Waals surface area contributed by atoms with Crippen molar-refractivity contribution in [1.82, 2.24) is 4.98 Å². The van der Waals surface area contributed by atoms with Gasteiger partial charge in [-0.25, -0.2) is 0 Å². The van der Waals surface area contributed by atoms with E-state index in [1.807, 2.05) is 12.4 Å². The Morgan fingerprint density at radius 1 is 1.20 bits per heavy atom. The Balaban J connectivity index is 2.18. The maximum Gasteiger partial charge on any atom is 0.0410 e. The van der Waals surface area contributed by atoms with Gasteiger partial charge in [0.05, 0.1) is 0 Å². The van der Waals surface area contributed by atoms with Gasteiger partial charge in [0.2, 0.25) is 0 Å². The molecule has 82 valence electrons. The molecule has 0 spiro atoms. The quantitative estimate of drug-likeness (QED) is 0.804. The Labute approximate surface area is 91.9 Å². The first kappa shape index (κ1) is 10.6. The second-order valence-electron chi connectivity index (χ2n) is 4.85. The van der Waals surface area contributed by atoms with E-state index in [-0.39, 0.29) is 5.54 Å². The second kappa shape index (κ2) is 4.31. The SMILES string of the molecule is CC(N)(c1ccncc1)C1CCCCC1. The summed E-state index contributed by atoms with van der Waals surface area (Å²) in [5.74, 6) is 0.633. The molecule has 1 aromatic heterocycles. The van der Waals surface area contributed by atoms with Crippen LogP contribution in [0.4, 0.5) is 0 Å². The molecule has 1 heterocycles. The monoisotopic (exact) mass is 204 g/mol. The van der Waals surface area contributed by atoms with Gasteiger partial charge in [-0.2, -0.15) is 0 Å². The molecule has 1 fully saturated rings. The molecule has 1 saturated carbocycles. The Morgan fingerprint density at radius 2 is 1.80 bits per heavy atom. The lowest BCUT2D eigenvalue weighted by molar-refractivity contribution is 0.224. The summed E-state index contributed by atoms with van der Waals surface area (Å²) in [5.41, 5.74) is 7.53. The van der Waals surface area contributed by atoms with Gasteiger partial charge >= 0.3 is 0 Å². The summed E-state index contributed by atoms with van der Waals surface area (Å²) in [6.45, 7) is 2.16. The van der Waals surface area contributed by atoms with E-state index in [1.54, 1.807) is 0 Å². The van der Waals surface area contributed by atoms with Crippen LogP contribution in [0.25, 0.3) is 0 Å². The predicted octanol–water partition coefficient (Wildman–Crippen LogP) is 2.84. The van der Waals surface area contributed by atoms with E-state index in [0.29, 0.717) is 5.92 Å². The highest BCUT2D eigenvalue weighted by Gasteiger charge is 2.32. The van der Waals surface area contributed by atoms with Crippen LogP contribution in [0, 0.1) is 5.92 Å². The number of hydrogen-bond donors (Lipinski definition) is 1. The van der Waals surface area contributed by atoms with Crippen LogP contribution in [-0.4, -0.2) is 4.98 Å². The topological polar surface area (TPSA) is 38.9 Å². The van der Waals surface area contributed by atoms with Crippen LogP contribution in [-0.2, 0) is 5.54 Å². The van der Waals surface area contributed by atoms with Crippen molar-refractivity contribution in [2.24, 2.45) is 11.7 Å². The van der Waals surface area contributed by atoms with Crippen molar-refractivity contribution < 1.29 is 0 Å². The summed E-state index contributed by atoms with van der Waals surface area (Å²) in [6, 6.07) is 4.10. The molecule has 1 aliphatic rings. The highest BCUT2D eigenvalue weighted by atomic mass is 14.8. The Hall–Kier alpha value is -0.890. The third-order valence-corrected chi connectivity index (χ3v) is 3.76. The molecule has 0 radical (unpaired) electrons. The van der Waals surface area contributed by atoms with Crippen LogP contribution in [0.1, 0.15) is 44.6 Å². The smallest absolute Gasteiger partial charge is 0.0410 e. The molecule has 2 nitrogen and oxygen atoms in total. The van der Waals surface area contributed by atoms with E-state index in [9.17, 15) is 0 Å². The van der Waals surface area contributed by atoms with Crippen LogP contribution >= 0.6 is 0 Å². The fourth-order valence-corrected chi connectivity index (χ4v) is 2.65. The Kier molecular flexibility index (Phi) is 3.06. The van der Waals surface area contributed by atoms with E-state index in [4.69, 9.17) is 5.73 Å². The van der Waals surface area contributed by atoms with Crippen molar-refractivity contribution in [1.29, 1.82) is 0 Å². The molecule has 2 heteroatoms. The van der Waals surface area contributed by atoms with Crippen molar-refractivity contribution in [2.45, 2.75) is 44.6 Å². The first-order valence-corrected chi connectivity index (χ1v) is 5.90. The molecule has 0 amide bonds. The lowest BCUT2D eigenvalue weighted by Gasteiger charge is -2.37. The summed E-state index contributed by atoms with van der Waals surface area (Å²) in [6.07, 6.45) is 10.3. The minimum atomic E-state index is -0.177. The van der Waals surface area contributed by atoms with Crippen LogP contribution in [0.15, 0.2) is 24.5 Å². The molecule has 2 rings (SSSR count). The first-order chi connectivity index (χ1) is 7.21. The van der Waals surface area contributed by atoms with Crippen LogP contribution in [0.2, 0.25) is 0 Å². The van der Waals surface area contributed by atoms with Crippen LogP contribution in [0.3, 0.4) is 0 Å². The maximum absolute atomic E-state index is 6.48. The lowest BCUT2D eigenvalue weighted by Crippen LogP contribution is -2.42.